The molecule has 1 aromatic heterocycles. The highest BCUT2D eigenvalue weighted by Crippen LogP contribution is 2.11. The van der Waals surface area contributed by atoms with Crippen molar-refractivity contribution in [1.29, 1.82) is 0 Å². The maximum absolute atomic E-state index is 12.8. The van der Waals surface area contributed by atoms with Gasteiger partial charge < -0.3 is 4.74 Å². The number of halogens is 1. The minimum atomic E-state index is -0.561. The van der Waals surface area contributed by atoms with E-state index in [-0.39, 0.29) is 18.1 Å². The van der Waals surface area contributed by atoms with Gasteiger partial charge in [0, 0.05) is 0 Å². The van der Waals surface area contributed by atoms with E-state index in [4.69, 9.17) is 4.74 Å². The molecule has 3 rings (SSSR count). The van der Waals surface area contributed by atoms with Crippen LogP contribution in [0.5, 0.6) is 0 Å². The van der Waals surface area contributed by atoms with Crippen LogP contribution in [-0.2, 0) is 11.3 Å². The summed E-state index contributed by atoms with van der Waals surface area (Å²) in [7, 11) is 0. The summed E-state index contributed by atoms with van der Waals surface area (Å²) in [6.07, 6.45) is 0. The normalized spacial score (nSPS) is 10.5. The number of carbonyl (C=O) groups excluding carboxylic acids is 1. The van der Waals surface area contributed by atoms with Gasteiger partial charge in [-0.1, -0.05) is 30.3 Å². The number of aryl methyl sites for hydroxylation is 1. The highest BCUT2D eigenvalue weighted by Gasteiger charge is 2.17. The smallest absolute Gasteiger partial charge is 0.361 e. The first-order valence-corrected chi connectivity index (χ1v) is 7.04. The van der Waals surface area contributed by atoms with Gasteiger partial charge in [0.05, 0.1) is 11.4 Å². The van der Waals surface area contributed by atoms with Crippen molar-refractivity contribution in [1.82, 2.24) is 15.0 Å². The van der Waals surface area contributed by atoms with Crippen molar-refractivity contribution in [2.75, 3.05) is 0 Å². The van der Waals surface area contributed by atoms with Gasteiger partial charge in [-0.05, 0) is 36.8 Å². The molecule has 0 saturated heterocycles. The van der Waals surface area contributed by atoms with Gasteiger partial charge in [0.15, 0.2) is 5.69 Å². The quantitative estimate of drug-likeness (QED) is 0.695. The molecule has 0 radical (unpaired) electrons. The van der Waals surface area contributed by atoms with Crippen molar-refractivity contribution in [3.63, 3.8) is 0 Å². The molecule has 0 unspecified atom stereocenters. The molecule has 2 aromatic carbocycles. The van der Waals surface area contributed by atoms with Gasteiger partial charge in [0.1, 0.15) is 12.4 Å². The van der Waals surface area contributed by atoms with Crippen molar-refractivity contribution in [2.24, 2.45) is 0 Å². The Labute approximate surface area is 132 Å². The molecule has 116 valence electrons. The molecule has 0 fully saturated rings. The molecular formula is C17H14FN3O2. The maximum atomic E-state index is 12.8. The molecule has 0 aliphatic rings. The van der Waals surface area contributed by atoms with E-state index in [1.54, 1.807) is 19.1 Å². The highest BCUT2D eigenvalue weighted by atomic mass is 19.1. The number of esters is 1. The van der Waals surface area contributed by atoms with E-state index in [9.17, 15) is 9.18 Å². The molecule has 5 nitrogen and oxygen atoms in total. The molecule has 0 saturated carbocycles. The van der Waals surface area contributed by atoms with Gasteiger partial charge in [0.2, 0.25) is 0 Å². The Bertz CT molecular complexity index is 814. The zero-order valence-corrected chi connectivity index (χ0v) is 12.4. The Morgan fingerprint density at radius 1 is 1.09 bits per heavy atom. The lowest BCUT2D eigenvalue weighted by Crippen LogP contribution is -2.08. The van der Waals surface area contributed by atoms with Crippen LogP contribution in [0.15, 0.2) is 54.6 Å². The third-order valence-electron chi connectivity index (χ3n) is 3.25. The molecule has 0 spiro atoms. The van der Waals surface area contributed by atoms with Crippen LogP contribution in [0.1, 0.15) is 21.7 Å². The summed E-state index contributed by atoms with van der Waals surface area (Å²) >= 11 is 0. The van der Waals surface area contributed by atoms with Gasteiger partial charge in [-0.3, -0.25) is 0 Å². The summed E-state index contributed by atoms with van der Waals surface area (Å²) in [4.78, 5) is 13.5. The zero-order chi connectivity index (χ0) is 16.2. The standard InChI is InChI=1S/C17H14FN3O2/c1-12-16(20-21(19-12)15-5-3-2-4-6-15)17(22)23-11-13-7-9-14(18)10-8-13/h2-10H,11H2,1H3. The van der Waals surface area contributed by atoms with Gasteiger partial charge >= 0.3 is 5.97 Å². The first-order valence-electron chi connectivity index (χ1n) is 7.04. The molecule has 0 N–H and O–H groups in total. The number of hydrogen-bond donors (Lipinski definition) is 0. The third-order valence-corrected chi connectivity index (χ3v) is 3.25. The number of carbonyl (C=O) groups is 1. The summed E-state index contributed by atoms with van der Waals surface area (Å²) < 4.78 is 18.0. The topological polar surface area (TPSA) is 57.0 Å². The number of nitrogens with zero attached hydrogens (tertiary/aromatic N) is 3. The fourth-order valence-corrected chi connectivity index (χ4v) is 2.04. The SMILES string of the molecule is Cc1nn(-c2ccccc2)nc1C(=O)OCc1ccc(F)cc1. The van der Waals surface area contributed by atoms with Crippen LogP contribution < -0.4 is 0 Å². The Hall–Kier alpha value is -3.02. The first kappa shape index (κ1) is 14.9. The van der Waals surface area contributed by atoms with Crippen LogP contribution in [0.3, 0.4) is 0 Å². The van der Waals surface area contributed by atoms with E-state index in [0.717, 1.165) is 5.69 Å². The van der Waals surface area contributed by atoms with Crippen molar-refractivity contribution in [3.05, 3.63) is 77.4 Å². The van der Waals surface area contributed by atoms with Crippen LogP contribution in [0.25, 0.3) is 5.69 Å². The van der Waals surface area contributed by atoms with Gasteiger partial charge in [-0.2, -0.15) is 9.90 Å². The molecule has 6 heteroatoms. The molecule has 0 amide bonds. The van der Waals surface area contributed by atoms with E-state index in [1.807, 2.05) is 30.3 Å². The molecule has 0 aliphatic carbocycles. The lowest BCUT2D eigenvalue weighted by molar-refractivity contribution is 0.0464. The Balaban J connectivity index is 1.72. The average molecular weight is 311 g/mol. The summed E-state index contributed by atoms with van der Waals surface area (Å²) in [5.74, 6) is -0.893. The fraction of sp³-hybridized carbons (Fsp3) is 0.118. The second-order valence-electron chi connectivity index (χ2n) is 4.96. The molecule has 0 bridgehead atoms. The zero-order valence-electron chi connectivity index (χ0n) is 12.4. The van der Waals surface area contributed by atoms with Gasteiger partial charge in [-0.25, -0.2) is 9.18 Å². The van der Waals surface area contributed by atoms with Gasteiger partial charge in [0.25, 0.3) is 0 Å². The Morgan fingerprint density at radius 3 is 2.48 bits per heavy atom. The predicted molar refractivity (Wildman–Crippen MR) is 81.6 cm³/mol. The van der Waals surface area contributed by atoms with Crippen molar-refractivity contribution in [2.45, 2.75) is 13.5 Å². The van der Waals surface area contributed by atoms with Crippen LogP contribution >= 0.6 is 0 Å². The lowest BCUT2D eigenvalue weighted by Gasteiger charge is -2.03. The maximum Gasteiger partial charge on any atom is 0.361 e. The minimum absolute atomic E-state index is 0.0523. The molecule has 1 heterocycles. The number of ether oxygens (including phenoxy) is 1. The summed E-state index contributed by atoms with van der Waals surface area (Å²) in [6, 6.07) is 15.1. The van der Waals surface area contributed by atoms with Gasteiger partial charge in [-0.15, -0.1) is 5.10 Å². The van der Waals surface area contributed by atoms with Crippen LogP contribution in [0.2, 0.25) is 0 Å². The largest absolute Gasteiger partial charge is 0.456 e. The Kier molecular flexibility index (Phi) is 4.14. The minimum Gasteiger partial charge on any atom is -0.456 e. The molecule has 0 atom stereocenters. The first-order chi connectivity index (χ1) is 11.1. The summed E-state index contributed by atoms with van der Waals surface area (Å²) in [5.41, 5.74) is 2.11. The van der Waals surface area contributed by atoms with E-state index in [1.165, 1.54) is 16.9 Å². The Morgan fingerprint density at radius 2 is 1.78 bits per heavy atom. The van der Waals surface area contributed by atoms with Crippen LogP contribution in [0, 0.1) is 12.7 Å². The highest BCUT2D eigenvalue weighted by molar-refractivity contribution is 5.88. The van der Waals surface area contributed by atoms with E-state index in [0.29, 0.717) is 11.3 Å². The summed E-state index contributed by atoms with van der Waals surface area (Å²) in [5, 5.41) is 8.40. The van der Waals surface area contributed by atoms with E-state index < -0.39 is 5.97 Å². The van der Waals surface area contributed by atoms with Crippen molar-refractivity contribution < 1.29 is 13.9 Å². The van der Waals surface area contributed by atoms with Crippen LogP contribution in [-0.4, -0.2) is 21.0 Å². The number of hydrogen-bond acceptors (Lipinski definition) is 4. The number of benzene rings is 2. The van der Waals surface area contributed by atoms with E-state index in [2.05, 4.69) is 10.2 Å². The summed E-state index contributed by atoms with van der Waals surface area (Å²) in [6.45, 7) is 1.75. The lowest BCUT2D eigenvalue weighted by atomic mass is 10.2. The molecule has 3 aromatic rings. The average Bonchev–Trinajstić information content (AvgIpc) is 2.97. The number of aromatic nitrogens is 3. The monoisotopic (exact) mass is 311 g/mol. The second-order valence-corrected chi connectivity index (χ2v) is 4.96. The van der Waals surface area contributed by atoms with Crippen LogP contribution in [0.4, 0.5) is 4.39 Å². The van der Waals surface area contributed by atoms with Crippen molar-refractivity contribution in [3.8, 4) is 5.69 Å². The van der Waals surface area contributed by atoms with Crippen molar-refractivity contribution >= 4 is 5.97 Å². The second kappa shape index (κ2) is 6.39. The number of para-hydroxylation sites is 1. The van der Waals surface area contributed by atoms with E-state index >= 15 is 0 Å². The molecular weight excluding hydrogens is 297 g/mol. The third kappa shape index (κ3) is 3.42. The number of rotatable bonds is 4. The molecule has 0 aliphatic heterocycles. The predicted octanol–water partition coefficient (Wildman–Crippen LogP) is 3.07. The molecule has 23 heavy (non-hydrogen) atoms. The fourth-order valence-electron chi connectivity index (χ4n) is 2.04.